The minimum Gasteiger partial charge on any atom is -0.480 e. The van der Waals surface area contributed by atoms with Crippen molar-refractivity contribution >= 4 is 95.4 Å². The van der Waals surface area contributed by atoms with Gasteiger partial charge in [-0.15, -0.1) is 0 Å². The smallest absolute Gasteiger partial charge is 0.326 e. The van der Waals surface area contributed by atoms with Gasteiger partial charge in [0.1, 0.15) is 60.4 Å². The number of rotatable bonds is 42. The van der Waals surface area contributed by atoms with Gasteiger partial charge in [0.25, 0.3) is 0 Å². The van der Waals surface area contributed by atoms with Crippen molar-refractivity contribution < 1.29 is 77.3 Å². The number of hydrogen-bond donors (Lipinski definition) is 19. The lowest BCUT2D eigenvalue weighted by Crippen LogP contribution is -2.61. The minimum absolute atomic E-state index is 0.0652. The molecule has 0 aliphatic heterocycles. The lowest BCUT2D eigenvalue weighted by Gasteiger charge is -2.28. The number of aromatic nitrogens is 4. The second-order valence-corrected chi connectivity index (χ2v) is 24.6. The van der Waals surface area contributed by atoms with E-state index in [1.54, 1.807) is 85.7 Å². The summed E-state index contributed by atoms with van der Waals surface area (Å²) in [6.45, 7) is 11.5. The number of aliphatic hydroxyl groups is 1. The number of carbonyl (C=O) groups is 14. The van der Waals surface area contributed by atoms with Gasteiger partial charge in [-0.25, -0.2) is 14.8 Å². The molecular formula is C60H92N18O16S. The largest absolute Gasteiger partial charge is 0.480 e. The maximum absolute atomic E-state index is 14.4. The number of H-pyrrole nitrogens is 2. The maximum Gasteiger partial charge on any atom is 0.326 e. The van der Waals surface area contributed by atoms with Crippen molar-refractivity contribution in [2.45, 2.75) is 173 Å². The highest BCUT2D eigenvalue weighted by molar-refractivity contribution is 7.80. The van der Waals surface area contributed by atoms with Crippen LogP contribution in [0.4, 0.5) is 0 Å². The van der Waals surface area contributed by atoms with Crippen molar-refractivity contribution in [1.29, 1.82) is 0 Å². The van der Waals surface area contributed by atoms with Crippen LogP contribution in [0.3, 0.4) is 0 Å². The Balaban J connectivity index is 1.77. The first-order valence-electron chi connectivity index (χ1n) is 30.8. The highest BCUT2D eigenvalue weighted by Crippen LogP contribution is 2.13. The molecule has 0 bridgehead atoms. The Morgan fingerprint density at radius 2 is 0.926 bits per heavy atom. The number of benzene rings is 1. The number of imidazole rings is 2. The van der Waals surface area contributed by atoms with Crippen LogP contribution in [0, 0.1) is 23.7 Å². The van der Waals surface area contributed by atoms with Crippen molar-refractivity contribution in [3.05, 3.63) is 72.3 Å². The van der Waals surface area contributed by atoms with Gasteiger partial charge in [0.2, 0.25) is 76.8 Å². The van der Waals surface area contributed by atoms with Gasteiger partial charge in [-0.05, 0) is 54.9 Å². The molecule has 11 atom stereocenters. The Kier molecular flexibility index (Phi) is 33.5. The third kappa shape index (κ3) is 28.3. The number of nitrogens with one attached hydrogen (secondary N) is 13. The van der Waals surface area contributed by atoms with Gasteiger partial charge in [-0.1, -0.05) is 85.7 Å². The van der Waals surface area contributed by atoms with E-state index in [1.807, 2.05) is 0 Å². The van der Waals surface area contributed by atoms with Crippen LogP contribution >= 0.6 is 12.6 Å². The van der Waals surface area contributed by atoms with E-state index in [-0.39, 0.29) is 61.1 Å². The Morgan fingerprint density at radius 3 is 1.37 bits per heavy atom. The molecule has 95 heavy (non-hydrogen) atoms. The molecule has 35 heteroatoms. The van der Waals surface area contributed by atoms with Gasteiger partial charge in [-0.3, -0.25) is 62.3 Å². The molecule has 1 aromatic carbocycles. The number of aliphatic hydroxyl groups excluding tert-OH is 1. The molecule has 0 spiro atoms. The van der Waals surface area contributed by atoms with E-state index in [0.29, 0.717) is 0 Å². The Bertz CT molecular complexity index is 3080. The van der Waals surface area contributed by atoms with Crippen molar-refractivity contribution in [1.82, 2.24) is 78.4 Å². The Morgan fingerprint density at radius 1 is 0.495 bits per heavy atom. The third-order valence-corrected chi connectivity index (χ3v) is 14.8. The SMILES string of the molecule is CC(C)C[C@H](NC(=O)[C@H](Cc1c[nH]cn1)NC(=O)[C@H](CCC(N)=O)NC(=O)[C@H](CC(N)=O)NC(=O)[C@@H](NC(=O)[C@@H](N)Cc1ccccc1)C(C)C)C(=O)N[C@@H](CS)C(=O)NCC(=O)N[C@@H](CO)C(=O)N[C@@H](Cc1c[nH]cn1)C(=O)N[C@@H](CC(C)C)C(=O)N[C@H](C(=O)O)C(C)C. The van der Waals surface area contributed by atoms with Gasteiger partial charge in [0, 0.05) is 37.4 Å². The molecule has 0 unspecified atom stereocenters. The van der Waals surface area contributed by atoms with Gasteiger partial charge in [0.05, 0.1) is 49.7 Å². The summed E-state index contributed by atoms with van der Waals surface area (Å²) in [6.07, 6.45) is 3.16. The van der Waals surface area contributed by atoms with Crippen LogP contribution in [-0.2, 0) is 86.4 Å². The second-order valence-electron chi connectivity index (χ2n) is 24.2. The van der Waals surface area contributed by atoms with E-state index in [1.165, 1.54) is 25.0 Å². The van der Waals surface area contributed by atoms with Crippen LogP contribution in [-0.4, -0.2) is 198 Å². The molecule has 524 valence electrons. The standard InChI is InChI=1S/C60H92N18O16S/c1-29(2)16-38(53(86)76-44(26-95)51(84)66-24-47(82)69-43(25-79)58(91)74-41(20-35-23-65-28-68-35)55(88)72-39(17-30(3)4)57(90)78-49(32(7)8)60(93)94)71-54(87)40(19-34-22-64-27-67-34)73-52(85)37(14-15-45(62)80)70-56(89)42(21-46(63)81)75-59(92)48(31(5)6)77-50(83)36(61)18-33-12-10-9-11-13-33/h9-13,22-23,27-32,36-44,48-49,79,95H,14-21,24-26,61H2,1-8H3,(H2,62,80)(H2,63,81)(H,64,67)(H,65,68)(H,66,84)(H,69,82)(H,70,89)(H,71,87)(H,72,88)(H,73,85)(H,74,91)(H,75,92)(H,76,86)(H,77,83)(H,78,90)(H,93,94)/t36-,37-,38-,39-,40-,41-,42-,43-,44-,48-,49-/m0/s1. The molecular weight excluding hydrogens is 1260 g/mol. The van der Waals surface area contributed by atoms with Crippen LogP contribution in [0.2, 0.25) is 0 Å². The monoisotopic (exact) mass is 1350 g/mol. The zero-order valence-corrected chi connectivity index (χ0v) is 55.2. The zero-order valence-electron chi connectivity index (χ0n) is 54.3. The van der Waals surface area contributed by atoms with E-state index in [4.69, 9.17) is 17.2 Å². The lowest BCUT2D eigenvalue weighted by atomic mass is 10.00. The fourth-order valence-electron chi connectivity index (χ4n) is 9.36. The van der Waals surface area contributed by atoms with Crippen molar-refractivity contribution in [3.63, 3.8) is 0 Å². The Hall–Kier alpha value is -9.51. The number of hydrogen-bond acceptors (Lipinski definition) is 19. The fourth-order valence-corrected chi connectivity index (χ4v) is 9.61. The predicted octanol–water partition coefficient (Wildman–Crippen LogP) is -5.00. The van der Waals surface area contributed by atoms with Crippen LogP contribution in [0.5, 0.6) is 0 Å². The minimum atomic E-state index is -1.76. The summed E-state index contributed by atoms with van der Waals surface area (Å²) in [5.41, 5.74) is 18.3. The lowest BCUT2D eigenvalue weighted by molar-refractivity contribution is -0.143. The van der Waals surface area contributed by atoms with Crippen molar-refractivity contribution in [2.75, 3.05) is 18.9 Å². The van der Waals surface area contributed by atoms with Crippen molar-refractivity contribution in [3.8, 4) is 0 Å². The van der Waals surface area contributed by atoms with Crippen LogP contribution in [0.25, 0.3) is 0 Å². The average Bonchev–Trinajstić information content (AvgIpc) is 1.49. The summed E-state index contributed by atoms with van der Waals surface area (Å²) in [6, 6.07) is -7.24. The molecule has 0 aliphatic rings. The number of carboxylic acid groups (broad SMARTS) is 1. The number of nitrogens with two attached hydrogens (primary N) is 3. The molecule has 21 N–H and O–H groups in total. The van der Waals surface area contributed by atoms with Gasteiger partial charge in [-0.2, -0.15) is 12.6 Å². The number of nitrogens with zero attached hydrogens (tertiary/aromatic N) is 2. The molecule has 2 aromatic heterocycles. The van der Waals surface area contributed by atoms with Crippen molar-refractivity contribution in [2.24, 2.45) is 40.9 Å². The van der Waals surface area contributed by atoms with E-state index < -0.39 is 193 Å². The molecule has 0 fully saturated rings. The van der Waals surface area contributed by atoms with Crippen LogP contribution < -0.4 is 75.7 Å². The third-order valence-electron chi connectivity index (χ3n) is 14.4. The number of aliphatic carboxylic acids is 1. The molecule has 2 heterocycles. The van der Waals surface area contributed by atoms with E-state index in [9.17, 15) is 77.3 Å². The Labute approximate surface area is 554 Å². The maximum atomic E-state index is 14.4. The number of primary amides is 2. The normalized spacial score (nSPS) is 14.7. The summed E-state index contributed by atoms with van der Waals surface area (Å²) in [5.74, 6) is -15.8. The van der Waals surface area contributed by atoms with Crippen LogP contribution in [0.1, 0.15) is 104 Å². The first kappa shape index (κ1) is 79.7. The topological polar surface area (TPSA) is 547 Å². The average molecular weight is 1350 g/mol. The molecule has 3 rings (SSSR count). The number of carbonyl (C=O) groups excluding carboxylic acids is 13. The molecule has 34 nitrogen and oxygen atoms in total. The molecule has 0 saturated carbocycles. The summed E-state index contributed by atoms with van der Waals surface area (Å²) >= 11 is 4.21. The number of aromatic amines is 2. The van der Waals surface area contributed by atoms with Gasteiger partial charge >= 0.3 is 5.97 Å². The molecule has 0 radical (unpaired) electrons. The molecule has 0 aliphatic carbocycles. The van der Waals surface area contributed by atoms with Crippen LogP contribution in [0.15, 0.2) is 55.4 Å². The number of thiol groups is 1. The first-order chi connectivity index (χ1) is 44.7. The fraction of sp³-hybridized carbons (Fsp3) is 0.567. The highest BCUT2D eigenvalue weighted by Gasteiger charge is 2.37. The summed E-state index contributed by atoms with van der Waals surface area (Å²) in [7, 11) is 0. The van der Waals surface area contributed by atoms with E-state index in [0.717, 1.165) is 5.56 Å². The molecule has 3 aromatic rings. The van der Waals surface area contributed by atoms with E-state index in [2.05, 4.69) is 91.0 Å². The van der Waals surface area contributed by atoms with E-state index >= 15 is 0 Å². The summed E-state index contributed by atoms with van der Waals surface area (Å²) < 4.78 is 0. The second kappa shape index (κ2) is 39.9. The molecule has 0 saturated heterocycles. The number of carboxylic acids is 1. The summed E-state index contributed by atoms with van der Waals surface area (Å²) in [5, 5.41) is 46.9. The molecule has 13 amide bonds. The highest BCUT2D eigenvalue weighted by atomic mass is 32.1. The zero-order chi connectivity index (χ0) is 71.2. The summed E-state index contributed by atoms with van der Waals surface area (Å²) in [4.78, 5) is 201. The van der Waals surface area contributed by atoms with Gasteiger partial charge in [0.15, 0.2) is 0 Å². The number of amides is 13. The predicted molar refractivity (Wildman–Crippen MR) is 344 cm³/mol. The first-order valence-corrected chi connectivity index (χ1v) is 31.4. The van der Waals surface area contributed by atoms with Gasteiger partial charge < -0.3 is 95.9 Å². The quantitative estimate of drug-likeness (QED) is 0.0236.